The molecule has 0 aliphatic heterocycles. The highest BCUT2D eigenvalue weighted by Crippen LogP contribution is 2.16. The minimum Gasteiger partial charge on any atom is -0.507 e. The molecule has 3 heteroatoms. The average Bonchev–Trinajstić information content (AvgIpc) is 2.68. The summed E-state index contributed by atoms with van der Waals surface area (Å²) >= 11 is 0. The Morgan fingerprint density at radius 1 is 0.885 bits per heavy atom. The molecule has 138 valence electrons. The first-order valence-electron chi connectivity index (χ1n) is 9.44. The minimum absolute atomic E-state index is 0.0287. The summed E-state index contributed by atoms with van der Waals surface area (Å²) in [6.45, 7) is 2.92. The average molecular weight is 352 g/mol. The van der Waals surface area contributed by atoms with E-state index in [4.69, 9.17) is 4.74 Å². The summed E-state index contributed by atoms with van der Waals surface area (Å²) in [6, 6.07) is 16.1. The zero-order chi connectivity index (χ0) is 18.6. The summed E-state index contributed by atoms with van der Waals surface area (Å²) in [5.41, 5.74) is 1.15. The molecule has 0 aromatic heterocycles. The Bertz CT molecular complexity index is 687. The van der Waals surface area contributed by atoms with Crippen LogP contribution in [0.2, 0.25) is 0 Å². The van der Waals surface area contributed by atoms with Gasteiger partial charge in [0, 0.05) is 17.2 Å². The molecule has 0 atom stereocenters. The Hall–Kier alpha value is -2.55. The van der Waals surface area contributed by atoms with Gasteiger partial charge < -0.3 is 9.84 Å². The highest BCUT2D eigenvalue weighted by molar-refractivity contribution is 6.07. The maximum Gasteiger partial charge on any atom is 0.189 e. The second kappa shape index (κ2) is 11.1. The maximum absolute atomic E-state index is 12.2. The van der Waals surface area contributed by atoms with Crippen LogP contribution in [0.4, 0.5) is 0 Å². The lowest BCUT2D eigenvalue weighted by molar-refractivity contribution is 0.104. The van der Waals surface area contributed by atoms with E-state index >= 15 is 0 Å². The Morgan fingerprint density at radius 2 is 1.54 bits per heavy atom. The standard InChI is InChI=1S/C23H28O3/c1-2-3-4-5-6-10-17-26-21-15-13-20(14-16-21)23(25)18-22(24)19-11-8-7-9-12-19/h7-9,11-16,18,24H,2-6,10,17H2,1H3/b22-18-. The Morgan fingerprint density at radius 3 is 2.23 bits per heavy atom. The molecule has 0 saturated carbocycles. The van der Waals surface area contributed by atoms with Crippen LogP contribution in [-0.2, 0) is 0 Å². The van der Waals surface area contributed by atoms with Crippen molar-refractivity contribution in [2.24, 2.45) is 0 Å². The summed E-state index contributed by atoms with van der Waals surface area (Å²) < 4.78 is 5.72. The predicted octanol–water partition coefficient (Wildman–Crippen LogP) is 6.21. The molecule has 0 bridgehead atoms. The van der Waals surface area contributed by atoms with E-state index in [2.05, 4.69) is 6.92 Å². The van der Waals surface area contributed by atoms with Crippen LogP contribution in [0.15, 0.2) is 60.7 Å². The van der Waals surface area contributed by atoms with E-state index in [9.17, 15) is 9.90 Å². The number of carbonyl (C=O) groups is 1. The molecule has 0 amide bonds. The van der Waals surface area contributed by atoms with Gasteiger partial charge in [-0.2, -0.15) is 0 Å². The van der Waals surface area contributed by atoms with E-state index in [1.54, 1.807) is 36.4 Å². The number of aliphatic hydroxyl groups excluding tert-OH is 1. The van der Waals surface area contributed by atoms with E-state index in [0.717, 1.165) is 12.2 Å². The van der Waals surface area contributed by atoms with E-state index < -0.39 is 0 Å². The fourth-order valence-electron chi connectivity index (χ4n) is 2.69. The van der Waals surface area contributed by atoms with Gasteiger partial charge in [-0.3, -0.25) is 4.79 Å². The molecule has 0 saturated heterocycles. The van der Waals surface area contributed by atoms with Crippen LogP contribution in [0.3, 0.4) is 0 Å². The fourth-order valence-corrected chi connectivity index (χ4v) is 2.69. The summed E-state index contributed by atoms with van der Waals surface area (Å²) in [6.07, 6.45) is 8.64. The Balaban J connectivity index is 1.80. The van der Waals surface area contributed by atoms with Crippen molar-refractivity contribution in [3.8, 4) is 5.75 Å². The Kier molecular flexibility index (Phi) is 8.47. The minimum atomic E-state index is -0.228. The van der Waals surface area contributed by atoms with Crippen molar-refractivity contribution in [3.05, 3.63) is 71.8 Å². The third-order valence-corrected chi connectivity index (χ3v) is 4.24. The molecule has 3 nitrogen and oxygen atoms in total. The van der Waals surface area contributed by atoms with Crippen molar-refractivity contribution < 1.29 is 14.6 Å². The van der Waals surface area contributed by atoms with Gasteiger partial charge in [0.15, 0.2) is 5.78 Å². The molecule has 0 heterocycles. The van der Waals surface area contributed by atoms with Crippen LogP contribution in [0.5, 0.6) is 5.75 Å². The van der Waals surface area contributed by atoms with Gasteiger partial charge in [0.05, 0.1) is 6.61 Å². The third kappa shape index (κ3) is 6.75. The van der Waals surface area contributed by atoms with Crippen molar-refractivity contribution in [1.82, 2.24) is 0 Å². The normalized spacial score (nSPS) is 11.3. The molecule has 0 fully saturated rings. The summed E-state index contributed by atoms with van der Waals surface area (Å²) in [4.78, 5) is 12.2. The number of hydrogen-bond acceptors (Lipinski definition) is 3. The van der Waals surface area contributed by atoms with Crippen molar-refractivity contribution in [3.63, 3.8) is 0 Å². The molecule has 0 aliphatic rings. The number of ketones is 1. The van der Waals surface area contributed by atoms with E-state index in [1.165, 1.54) is 38.2 Å². The van der Waals surface area contributed by atoms with Gasteiger partial charge in [-0.15, -0.1) is 0 Å². The van der Waals surface area contributed by atoms with Gasteiger partial charge in [0.2, 0.25) is 0 Å². The van der Waals surface area contributed by atoms with E-state index in [0.29, 0.717) is 17.7 Å². The third-order valence-electron chi connectivity index (χ3n) is 4.24. The lowest BCUT2D eigenvalue weighted by atomic mass is 10.1. The predicted molar refractivity (Wildman–Crippen MR) is 107 cm³/mol. The SMILES string of the molecule is CCCCCCCCOc1ccc(C(=O)/C=C(\O)c2ccccc2)cc1. The molecule has 2 rings (SSSR count). The lowest BCUT2D eigenvalue weighted by Crippen LogP contribution is -1.99. The smallest absolute Gasteiger partial charge is 0.189 e. The van der Waals surface area contributed by atoms with Gasteiger partial charge in [-0.05, 0) is 30.7 Å². The van der Waals surface area contributed by atoms with Crippen molar-refractivity contribution in [2.75, 3.05) is 6.61 Å². The molecule has 1 N–H and O–H groups in total. The number of carbonyl (C=O) groups excluding carboxylic acids is 1. The van der Waals surface area contributed by atoms with Gasteiger partial charge >= 0.3 is 0 Å². The monoisotopic (exact) mass is 352 g/mol. The van der Waals surface area contributed by atoms with Crippen LogP contribution < -0.4 is 4.74 Å². The molecular formula is C23H28O3. The first-order chi connectivity index (χ1) is 12.7. The van der Waals surface area contributed by atoms with E-state index in [-0.39, 0.29) is 11.5 Å². The lowest BCUT2D eigenvalue weighted by Gasteiger charge is -2.07. The highest BCUT2D eigenvalue weighted by Gasteiger charge is 2.06. The molecule has 2 aromatic carbocycles. The zero-order valence-corrected chi connectivity index (χ0v) is 15.5. The number of allylic oxidation sites excluding steroid dienone is 1. The van der Waals surface area contributed by atoms with Gasteiger partial charge in [-0.25, -0.2) is 0 Å². The molecule has 0 radical (unpaired) electrons. The first kappa shape index (κ1) is 19.8. The summed E-state index contributed by atoms with van der Waals surface area (Å²) in [5, 5.41) is 10.0. The largest absolute Gasteiger partial charge is 0.507 e. The topological polar surface area (TPSA) is 46.5 Å². The summed E-state index contributed by atoms with van der Waals surface area (Å²) in [5.74, 6) is 0.513. The van der Waals surface area contributed by atoms with Crippen molar-refractivity contribution in [1.29, 1.82) is 0 Å². The number of hydrogen-bond donors (Lipinski definition) is 1. The number of rotatable bonds is 11. The maximum atomic E-state index is 12.2. The molecule has 0 spiro atoms. The highest BCUT2D eigenvalue weighted by atomic mass is 16.5. The second-order valence-corrected chi connectivity index (χ2v) is 6.40. The molecule has 26 heavy (non-hydrogen) atoms. The molecule has 0 aliphatic carbocycles. The summed E-state index contributed by atoms with van der Waals surface area (Å²) in [7, 11) is 0. The van der Waals surface area contributed by atoms with Gasteiger partial charge in [0.1, 0.15) is 11.5 Å². The number of aliphatic hydroxyl groups is 1. The van der Waals surface area contributed by atoms with Crippen LogP contribution in [0, 0.1) is 0 Å². The van der Waals surface area contributed by atoms with Crippen molar-refractivity contribution >= 4 is 11.5 Å². The molecule has 0 unspecified atom stereocenters. The van der Waals surface area contributed by atoms with Gasteiger partial charge in [0.25, 0.3) is 0 Å². The second-order valence-electron chi connectivity index (χ2n) is 6.40. The van der Waals surface area contributed by atoms with Crippen LogP contribution in [0.1, 0.15) is 61.4 Å². The fraction of sp³-hybridized carbons (Fsp3) is 0.348. The molecule has 2 aromatic rings. The molecular weight excluding hydrogens is 324 g/mol. The van der Waals surface area contributed by atoms with Gasteiger partial charge in [-0.1, -0.05) is 69.4 Å². The van der Waals surface area contributed by atoms with E-state index in [1.807, 2.05) is 18.2 Å². The Labute approximate surface area is 156 Å². The van der Waals surface area contributed by atoms with Crippen LogP contribution in [0.25, 0.3) is 5.76 Å². The van der Waals surface area contributed by atoms with Crippen LogP contribution >= 0.6 is 0 Å². The number of ether oxygens (including phenoxy) is 1. The van der Waals surface area contributed by atoms with Crippen LogP contribution in [-0.4, -0.2) is 17.5 Å². The first-order valence-corrected chi connectivity index (χ1v) is 9.44. The number of unbranched alkanes of at least 4 members (excludes halogenated alkanes) is 5. The number of benzene rings is 2. The van der Waals surface area contributed by atoms with Crippen molar-refractivity contribution in [2.45, 2.75) is 45.4 Å². The quantitative estimate of drug-likeness (QED) is 0.226. The zero-order valence-electron chi connectivity index (χ0n) is 15.5.